The molecular weight excluding hydrogens is 256 g/mol. The zero-order chi connectivity index (χ0) is 14.2. The van der Waals surface area contributed by atoms with Crippen LogP contribution in [-0.4, -0.2) is 11.7 Å². The monoisotopic (exact) mass is 288 g/mol. The lowest BCUT2D eigenvalue weighted by atomic mass is 10.0. The molecule has 2 heteroatoms. The molecule has 114 valence electrons. The van der Waals surface area contributed by atoms with Gasteiger partial charge in [0.05, 0.1) is 0 Å². The summed E-state index contributed by atoms with van der Waals surface area (Å²) in [5.41, 5.74) is 0. The number of hydrogen-bond donors (Lipinski definition) is 0. The van der Waals surface area contributed by atoms with E-state index in [1.54, 1.807) is 0 Å². The predicted molar refractivity (Wildman–Crippen MR) is 86.0 cm³/mol. The highest BCUT2D eigenvalue weighted by molar-refractivity contribution is 6.19. The maximum absolute atomic E-state index is 11.2. The summed E-state index contributed by atoms with van der Waals surface area (Å²) < 4.78 is 0. The van der Waals surface area contributed by atoms with Crippen LogP contribution >= 0.6 is 11.6 Å². The van der Waals surface area contributed by atoms with Crippen molar-refractivity contribution in [1.29, 1.82) is 0 Å². The molecule has 0 unspecified atom stereocenters. The van der Waals surface area contributed by atoms with Gasteiger partial charge in [-0.25, -0.2) is 0 Å². The van der Waals surface area contributed by atoms with Crippen LogP contribution in [0.3, 0.4) is 0 Å². The third-order valence-corrected chi connectivity index (χ3v) is 3.87. The number of carbonyl (C=O) groups is 1. The number of halogens is 1. The zero-order valence-corrected chi connectivity index (χ0v) is 13.6. The summed E-state index contributed by atoms with van der Waals surface area (Å²) in [5.74, 6) is 0.818. The Labute approximate surface area is 125 Å². The Kier molecular flexibility index (Phi) is 16.0. The standard InChI is InChI=1S/C17H33ClO/c1-2-3-4-5-6-7-8-9-10-11-12-13-14-17(19)15-16-18/h2-16H2,1H3. The summed E-state index contributed by atoms with van der Waals surface area (Å²) in [6, 6.07) is 0. The Morgan fingerprint density at radius 2 is 1.11 bits per heavy atom. The normalized spacial score (nSPS) is 10.8. The first-order valence-electron chi connectivity index (χ1n) is 8.39. The van der Waals surface area contributed by atoms with Gasteiger partial charge in [-0.3, -0.25) is 4.79 Å². The molecule has 0 atom stereocenters. The van der Waals surface area contributed by atoms with E-state index in [0.717, 1.165) is 12.8 Å². The molecule has 0 aliphatic rings. The van der Waals surface area contributed by atoms with Crippen molar-refractivity contribution in [2.24, 2.45) is 0 Å². The van der Waals surface area contributed by atoms with Crippen molar-refractivity contribution in [3.63, 3.8) is 0 Å². The van der Waals surface area contributed by atoms with Gasteiger partial charge in [0, 0.05) is 18.7 Å². The number of Topliss-reactive ketones (excluding diaryl/α,β-unsaturated/α-hetero) is 1. The lowest BCUT2D eigenvalue weighted by molar-refractivity contribution is -0.118. The van der Waals surface area contributed by atoms with Crippen LogP contribution in [0.2, 0.25) is 0 Å². The van der Waals surface area contributed by atoms with Crippen molar-refractivity contribution in [2.75, 3.05) is 5.88 Å². The maximum Gasteiger partial charge on any atom is 0.134 e. The van der Waals surface area contributed by atoms with Crippen LogP contribution in [0.5, 0.6) is 0 Å². The molecule has 0 fully saturated rings. The number of carbonyl (C=O) groups excluding carboxylic acids is 1. The largest absolute Gasteiger partial charge is 0.300 e. The van der Waals surface area contributed by atoms with Gasteiger partial charge in [0.25, 0.3) is 0 Å². The van der Waals surface area contributed by atoms with E-state index in [2.05, 4.69) is 6.92 Å². The smallest absolute Gasteiger partial charge is 0.134 e. The van der Waals surface area contributed by atoms with Gasteiger partial charge in [-0.2, -0.15) is 0 Å². The van der Waals surface area contributed by atoms with Crippen LogP contribution in [0.15, 0.2) is 0 Å². The second kappa shape index (κ2) is 16.0. The SMILES string of the molecule is CCCCCCCCCCCCCCC(=O)CCCl. The summed E-state index contributed by atoms with van der Waals surface area (Å²) in [5, 5.41) is 0. The van der Waals surface area contributed by atoms with Gasteiger partial charge in [-0.15, -0.1) is 11.6 Å². The van der Waals surface area contributed by atoms with E-state index in [0.29, 0.717) is 18.1 Å². The third-order valence-electron chi connectivity index (χ3n) is 3.68. The molecule has 0 aromatic carbocycles. The van der Waals surface area contributed by atoms with Gasteiger partial charge >= 0.3 is 0 Å². The summed E-state index contributed by atoms with van der Waals surface area (Å²) >= 11 is 5.53. The first-order chi connectivity index (χ1) is 9.31. The molecular formula is C17H33ClO. The quantitative estimate of drug-likeness (QED) is 0.256. The van der Waals surface area contributed by atoms with Gasteiger partial charge in [0.1, 0.15) is 5.78 Å². The minimum atomic E-state index is 0.335. The molecule has 0 N–H and O–H groups in total. The van der Waals surface area contributed by atoms with Crippen molar-refractivity contribution in [3.05, 3.63) is 0 Å². The Hall–Kier alpha value is -0.0400. The van der Waals surface area contributed by atoms with Gasteiger partial charge in [0.15, 0.2) is 0 Å². The van der Waals surface area contributed by atoms with E-state index in [-0.39, 0.29) is 0 Å². The second-order valence-electron chi connectivity index (χ2n) is 5.62. The van der Waals surface area contributed by atoms with E-state index in [4.69, 9.17) is 11.6 Å². The van der Waals surface area contributed by atoms with Crippen molar-refractivity contribution in [1.82, 2.24) is 0 Å². The molecule has 0 aliphatic carbocycles. The Bertz CT molecular complexity index is 192. The minimum absolute atomic E-state index is 0.335. The van der Waals surface area contributed by atoms with Gasteiger partial charge < -0.3 is 0 Å². The predicted octanol–water partition coefficient (Wildman–Crippen LogP) is 6.28. The number of rotatable bonds is 15. The van der Waals surface area contributed by atoms with Crippen LogP contribution in [0, 0.1) is 0 Å². The zero-order valence-electron chi connectivity index (χ0n) is 12.9. The molecule has 0 aromatic heterocycles. The van der Waals surface area contributed by atoms with Gasteiger partial charge in [0.2, 0.25) is 0 Å². The van der Waals surface area contributed by atoms with Crippen molar-refractivity contribution >= 4 is 17.4 Å². The van der Waals surface area contributed by atoms with Crippen molar-refractivity contribution in [2.45, 2.75) is 96.8 Å². The molecule has 0 bridgehead atoms. The van der Waals surface area contributed by atoms with Crippen LogP contribution in [0.1, 0.15) is 96.8 Å². The first-order valence-corrected chi connectivity index (χ1v) is 8.92. The summed E-state index contributed by atoms with van der Waals surface area (Å²) in [4.78, 5) is 11.2. The molecule has 0 radical (unpaired) electrons. The third kappa shape index (κ3) is 15.9. The van der Waals surface area contributed by atoms with E-state index < -0.39 is 0 Å². The molecule has 19 heavy (non-hydrogen) atoms. The van der Waals surface area contributed by atoms with Gasteiger partial charge in [-0.05, 0) is 6.42 Å². The number of hydrogen-bond acceptors (Lipinski definition) is 1. The van der Waals surface area contributed by atoms with Gasteiger partial charge in [-0.1, -0.05) is 77.6 Å². The minimum Gasteiger partial charge on any atom is -0.300 e. The second-order valence-corrected chi connectivity index (χ2v) is 5.99. The topological polar surface area (TPSA) is 17.1 Å². The lowest BCUT2D eigenvalue weighted by Gasteiger charge is -2.02. The van der Waals surface area contributed by atoms with E-state index in [1.807, 2.05) is 0 Å². The fourth-order valence-electron chi connectivity index (χ4n) is 2.39. The van der Waals surface area contributed by atoms with E-state index in [9.17, 15) is 4.79 Å². The summed E-state index contributed by atoms with van der Waals surface area (Å²) in [6.07, 6.45) is 17.4. The molecule has 0 heterocycles. The van der Waals surface area contributed by atoms with Crippen molar-refractivity contribution in [3.8, 4) is 0 Å². The molecule has 0 saturated heterocycles. The van der Waals surface area contributed by atoms with Crippen LogP contribution in [0.25, 0.3) is 0 Å². The first kappa shape index (κ1) is 19.0. The average molecular weight is 289 g/mol. The Morgan fingerprint density at radius 3 is 1.53 bits per heavy atom. The Morgan fingerprint density at radius 1 is 0.684 bits per heavy atom. The average Bonchev–Trinajstić information content (AvgIpc) is 2.40. The highest BCUT2D eigenvalue weighted by Gasteiger charge is 2.00. The Balaban J connectivity index is 3.01. The van der Waals surface area contributed by atoms with E-state index in [1.165, 1.54) is 70.6 Å². The van der Waals surface area contributed by atoms with Crippen LogP contribution in [0.4, 0.5) is 0 Å². The molecule has 0 spiro atoms. The maximum atomic E-state index is 11.2. The van der Waals surface area contributed by atoms with Crippen LogP contribution < -0.4 is 0 Å². The highest BCUT2D eigenvalue weighted by Crippen LogP contribution is 2.12. The molecule has 1 nitrogen and oxygen atoms in total. The number of alkyl halides is 1. The van der Waals surface area contributed by atoms with E-state index >= 15 is 0 Å². The molecule has 0 rings (SSSR count). The van der Waals surface area contributed by atoms with Crippen LogP contribution in [-0.2, 0) is 4.79 Å². The lowest BCUT2D eigenvalue weighted by Crippen LogP contribution is -1.97. The number of ketones is 1. The number of unbranched alkanes of at least 4 members (excludes halogenated alkanes) is 11. The molecule has 0 aliphatic heterocycles. The summed E-state index contributed by atoms with van der Waals surface area (Å²) in [7, 11) is 0. The fourth-order valence-corrected chi connectivity index (χ4v) is 2.60. The fraction of sp³-hybridized carbons (Fsp3) is 0.941. The summed E-state index contributed by atoms with van der Waals surface area (Å²) in [6.45, 7) is 2.27. The van der Waals surface area contributed by atoms with Crippen molar-refractivity contribution < 1.29 is 4.79 Å². The molecule has 0 amide bonds. The highest BCUT2D eigenvalue weighted by atomic mass is 35.5. The molecule has 0 saturated carbocycles. The molecule has 0 aromatic rings.